The van der Waals surface area contributed by atoms with E-state index in [0.29, 0.717) is 19.4 Å². The number of carbonyl (C=O) groups is 4. The van der Waals surface area contributed by atoms with Crippen LogP contribution in [0.15, 0.2) is 65.8 Å². The highest BCUT2D eigenvalue weighted by Crippen LogP contribution is 2.19. The van der Waals surface area contributed by atoms with Crippen molar-refractivity contribution >= 4 is 40.6 Å². The van der Waals surface area contributed by atoms with Crippen LogP contribution in [0.5, 0.6) is 0 Å². The SMILES string of the molecule is CC(C)C(NC(=O)C(N)CCCN=C(N)N)C(=O)NC(Cc1ccccc1)C(=O)NC(Cc1c[nH]c2ccccc12)C(=O)O. The van der Waals surface area contributed by atoms with E-state index in [4.69, 9.17) is 17.2 Å². The second-order valence-corrected chi connectivity index (χ2v) is 11.0. The van der Waals surface area contributed by atoms with Gasteiger partial charge in [-0.2, -0.15) is 0 Å². The predicted molar refractivity (Wildman–Crippen MR) is 168 cm³/mol. The number of aromatic nitrogens is 1. The first-order chi connectivity index (χ1) is 21.0. The summed E-state index contributed by atoms with van der Waals surface area (Å²) in [6, 6.07) is 12.2. The topological polar surface area (TPSA) is 231 Å². The lowest BCUT2D eigenvalue weighted by molar-refractivity contribution is -0.142. The number of aliphatic carboxylic acids is 1. The maximum atomic E-state index is 13.6. The molecule has 3 amide bonds. The Morgan fingerprint density at radius 2 is 1.52 bits per heavy atom. The lowest BCUT2D eigenvalue weighted by Gasteiger charge is -2.27. The summed E-state index contributed by atoms with van der Waals surface area (Å²) >= 11 is 0. The molecule has 4 atom stereocenters. The van der Waals surface area contributed by atoms with E-state index in [1.165, 1.54) is 0 Å². The first-order valence-electron chi connectivity index (χ1n) is 14.5. The van der Waals surface area contributed by atoms with Gasteiger partial charge in [-0.3, -0.25) is 19.4 Å². The molecule has 0 spiro atoms. The van der Waals surface area contributed by atoms with Gasteiger partial charge in [0.25, 0.3) is 0 Å². The molecule has 0 radical (unpaired) electrons. The minimum absolute atomic E-state index is 0.0306. The summed E-state index contributed by atoms with van der Waals surface area (Å²) in [5.74, 6) is -3.41. The number of nitrogens with one attached hydrogen (secondary N) is 4. The summed E-state index contributed by atoms with van der Waals surface area (Å²) in [6.45, 7) is 3.82. The predicted octanol–water partition coefficient (Wildman–Crippen LogP) is 0.529. The molecular formula is C31H42N8O5. The van der Waals surface area contributed by atoms with Gasteiger partial charge >= 0.3 is 5.97 Å². The van der Waals surface area contributed by atoms with Crippen LogP contribution < -0.4 is 33.2 Å². The number of carboxylic acids is 1. The summed E-state index contributed by atoms with van der Waals surface area (Å²) in [5, 5.41) is 18.9. The van der Waals surface area contributed by atoms with Crippen LogP contribution in [0.25, 0.3) is 10.9 Å². The van der Waals surface area contributed by atoms with Crippen molar-refractivity contribution in [1.82, 2.24) is 20.9 Å². The summed E-state index contributed by atoms with van der Waals surface area (Å²) in [7, 11) is 0. The number of hydrogen-bond acceptors (Lipinski definition) is 6. The molecule has 44 heavy (non-hydrogen) atoms. The molecule has 1 aromatic heterocycles. The molecule has 1 heterocycles. The Bertz CT molecular complexity index is 1450. The fraction of sp³-hybridized carbons (Fsp3) is 0.387. The smallest absolute Gasteiger partial charge is 0.326 e. The van der Waals surface area contributed by atoms with E-state index >= 15 is 0 Å². The van der Waals surface area contributed by atoms with E-state index < -0.39 is 47.9 Å². The van der Waals surface area contributed by atoms with Gasteiger partial charge in [0.15, 0.2) is 5.96 Å². The average molecular weight is 607 g/mol. The number of hydrogen-bond donors (Lipinski definition) is 8. The van der Waals surface area contributed by atoms with Gasteiger partial charge in [-0.15, -0.1) is 0 Å². The Kier molecular flexibility index (Phi) is 12.3. The highest BCUT2D eigenvalue weighted by molar-refractivity contribution is 5.94. The number of para-hydroxylation sites is 1. The van der Waals surface area contributed by atoms with Crippen molar-refractivity contribution in [2.45, 2.75) is 63.7 Å². The number of guanidine groups is 1. The number of benzene rings is 2. The number of carbonyl (C=O) groups excluding carboxylic acids is 3. The number of fused-ring (bicyclic) bond motifs is 1. The molecule has 3 rings (SSSR count). The molecule has 2 aromatic carbocycles. The van der Waals surface area contributed by atoms with Crippen LogP contribution in [0.4, 0.5) is 0 Å². The van der Waals surface area contributed by atoms with Crippen molar-refractivity contribution in [3.8, 4) is 0 Å². The van der Waals surface area contributed by atoms with Crippen molar-refractivity contribution < 1.29 is 24.3 Å². The molecule has 13 heteroatoms. The minimum Gasteiger partial charge on any atom is -0.480 e. The van der Waals surface area contributed by atoms with Crippen LogP contribution in [0.2, 0.25) is 0 Å². The van der Waals surface area contributed by atoms with E-state index in [9.17, 15) is 24.3 Å². The fourth-order valence-electron chi connectivity index (χ4n) is 4.76. The van der Waals surface area contributed by atoms with Gasteiger partial charge in [0.1, 0.15) is 18.1 Å². The zero-order valence-electron chi connectivity index (χ0n) is 25.0. The largest absolute Gasteiger partial charge is 0.480 e. The van der Waals surface area contributed by atoms with Crippen molar-refractivity contribution in [1.29, 1.82) is 0 Å². The molecule has 236 valence electrons. The van der Waals surface area contributed by atoms with Gasteiger partial charge in [-0.1, -0.05) is 62.4 Å². The summed E-state index contributed by atoms with van der Waals surface area (Å²) in [4.78, 5) is 59.1. The van der Waals surface area contributed by atoms with Crippen molar-refractivity contribution in [2.24, 2.45) is 28.1 Å². The second kappa shape index (κ2) is 16.1. The van der Waals surface area contributed by atoms with Gasteiger partial charge in [0.05, 0.1) is 6.04 Å². The number of aliphatic imine (C=N–C) groups is 1. The number of carboxylic acid groups (broad SMARTS) is 1. The average Bonchev–Trinajstić information content (AvgIpc) is 3.39. The van der Waals surface area contributed by atoms with Crippen LogP contribution >= 0.6 is 0 Å². The summed E-state index contributed by atoms with van der Waals surface area (Å²) < 4.78 is 0. The van der Waals surface area contributed by atoms with E-state index in [2.05, 4.69) is 25.9 Å². The Morgan fingerprint density at radius 3 is 2.18 bits per heavy atom. The molecule has 0 bridgehead atoms. The van der Waals surface area contributed by atoms with Crippen molar-refractivity contribution in [3.05, 3.63) is 71.9 Å². The zero-order valence-corrected chi connectivity index (χ0v) is 25.0. The van der Waals surface area contributed by atoms with E-state index in [0.717, 1.165) is 22.0 Å². The number of amides is 3. The third-order valence-electron chi connectivity index (χ3n) is 7.18. The van der Waals surface area contributed by atoms with Crippen LogP contribution in [-0.2, 0) is 32.0 Å². The monoisotopic (exact) mass is 606 g/mol. The van der Waals surface area contributed by atoms with E-state index in [1.807, 2.05) is 30.3 Å². The third kappa shape index (κ3) is 9.83. The van der Waals surface area contributed by atoms with E-state index in [1.54, 1.807) is 44.3 Å². The standard InChI is InChI=1S/C31H42N8O5/c1-18(2)26(39-27(40)22(32)12-8-14-35-31(33)34)29(42)37-24(15-19-9-4-3-5-10-19)28(41)38-25(30(43)44)16-20-17-36-23-13-7-6-11-21(20)23/h3-7,9-11,13,17-18,22,24-26,36H,8,12,14-16,32H2,1-2H3,(H,37,42)(H,38,41)(H,39,40)(H,43,44)(H4,33,34,35). The molecule has 0 aliphatic carbocycles. The third-order valence-corrected chi connectivity index (χ3v) is 7.18. The first kappa shape index (κ1) is 33.6. The Morgan fingerprint density at radius 1 is 0.864 bits per heavy atom. The maximum Gasteiger partial charge on any atom is 0.326 e. The normalized spacial score (nSPS) is 13.8. The number of rotatable bonds is 16. The molecule has 0 saturated carbocycles. The highest BCUT2D eigenvalue weighted by atomic mass is 16.4. The molecule has 13 nitrogen and oxygen atoms in total. The zero-order chi connectivity index (χ0) is 32.2. The number of nitrogens with zero attached hydrogens (tertiary/aromatic N) is 1. The molecule has 0 aliphatic rings. The Balaban J connectivity index is 1.74. The summed E-state index contributed by atoms with van der Waals surface area (Å²) in [6.07, 6.45) is 2.61. The lowest BCUT2D eigenvalue weighted by atomic mass is 9.99. The first-order valence-corrected chi connectivity index (χ1v) is 14.5. The Labute approximate surface area is 256 Å². The van der Waals surface area contributed by atoms with Gasteiger partial charge in [0, 0.05) is 36.5 Å². The highest BCUT2D eigenvalue weighted by Gasteiger charge is 2.32. The molecule has 0 fully saturated rings. The number of H-pyrrole nitrogens is 1. The van der Waals surface area contributed by atoms with Crippen LogP contribution in [-0.4, -0.2) is 70.5 Å². The molecule has 3 aromatic rings. The van der Waals surface area contributed by atoms with Crippen LogP contribution in [0.3, 0.4) is 0 Å². The van der Waals surface area contributed by atoms with Crippen LogP contribution in [0.1, 0.15) is 37.8 Å². The minimum atomic E-state index is -1.26. The quantitative estimate of drug-likeness (QED) is 0.0649. The van der Waals surface area contributed by atoms with Gasteiger partial charge in [-0.25, -0.2) is 4.79 Å². The summed E-state index contributed by atoms with van der Waals surface area (Å²) in [5.41, 5.74) is 19.0. The molecule has 0 saturated heterocycles. The van der Waals surface area contributed by atoms with Gasteiger partial charge in [0.2, 0.25) is 17.7 Å². The van der Waals surface area contributed by atoms with Crippen LogP contribution in [0, 0.1) is 5.92 Å². The van der Waals surface area contributed by atoms with Crippen molar-refractivity contribution in [2.75, 3.05) is 6.54 Å². The van der Waals surface area contributed by atoms with Gasteiger partial charge < -0.3 is 43.2 Å². The Hall–Kier alpha value is -4.91. The molecule has 0 aliphatic heterocycles. The lowest BCUT2D eigenvalue weighted by Crippen LogP contribution is -2.59. The fourth-order valence-corrected chi connectivity index (χ4v) is 4.76. The molecular weight excluding hydrogens is 564 g/mol. The maximum absolute atomic E-state index is 13.6. The molecule has 4 unspecified atom stereocenters. The van der Waals surface area contributed by atoms with Crippen molar-refractivity contribution in [3.63, 3.8) is 0 Å². The van der Waals surface area contributed by atoms with E-state index in [-0.39, 0.29) is 24.7 Å². The number of nitrogens with two attached hydrogens (primary N) is 3. The number of aromatic amines is 1. The molecule has 11 N–H and O–H groups in total. The second-order valence-electron chi connectivity index (χ2n) is 11.0. The van der Waals surface area contributed by atoms with Gasteiger partial charge in [-0.05, 0) is 36.0 Å².